The number of benzene rings is 1. The van der Waals surface area contributed by atoms with E-state index in [9.17, 15) is 4.79 Å². The summed E-state index contributed by atoms with van der Waals surface area (Å²) in [6.07, 6.45) is 4.02. The first-order valence-corrected chi connectivity index (χ1v) is 6.96. The van der Waals surface area contributed by atoms with E-state index < -0.39 is 5.97 Å². The molecule has 0 spiro atoms. The van der Waals surface area contributed by atoms with E-state index in [0.29, 0.717) is 5.75 Å². The average Bonchev–Trinajstić information content (AvgIpc) is 2.83. The summed E-state index contributed by atoms with van der Waals surface area (Å²) >= 11 is 1.55. The van der Waals surface area contributed by atoms with Gasteiger partial charge in [0.25, 0.3) is 0 Å². The van der Waals surface area contributed by atoms with Gasteiger partial charge in [0, 0.05) is 11.5 Å². The Hall–Kier alpha value is -1.94. The van der Waals surface area contributed by atoms with E-state index in [1.165, 1.54) is 11.6 Å². The molecule has 1 aromatic carbocycles. The number of rotatable bonds is 4. The molecule has 98 valence electrons. The fourth-order valence-corrected chi connectivity index (χ4v) is 2.13. The van der Waals surface area contributed by atoms with Gasteiger partial charge in [-0.15, -0.1) is 11.3 Å². The minimum Gasteiger partial charge on any atom is -0.423 e. The van der Waals surface area contributed by atoms with Crippen molar-refractivity contribution >= 4 is 23.4 Å². The van der Waals surface area contributed by atoms with E-state index >= 15 is 0 Å². The average molecular weight is 273 g/mol. The van der Waals surface area contributed by atoms with Gasteiger partial charge in [-0.05, 0) is 37.1 Å². The number of ether oxygens (including phenoxy) is 1. The van der Waals surface area contributed by atoms with E-state index in [0.717, 1.165) is 17.1 Å². The third-order valence-electron chi connectivity index (χ3n) is 2.58. The Bertz CT molecular complexity index is 584. The molecule has 2 rings (SSSR count). The second kappa shape index (κ2) is 6.29. The molecule has 0 bridgehead atoms. The third kappa shape index (κ3) is 4.03. The largest absolute Gasteiger partial charge is 0.423 e. The van der Waals surface area contributed by atoms with Crippen molar-refractivity contribution in [3.8, 4) is 5.75 Å². The van der Waals surface area contributed by atoms with Gasteiger partial charge in [-0.25, -0.2) is 9.78 Å². The molecule has 0 fully saturated rings. The molecule has 1 heterocycles. The molecular weight excluding hydrogens is 258 g/mol. The highest BCUT2D eigenvalue weighted by Gasteiger charge is 2.01. The quantitative estimate of drug-likeness (QED) is 0.485. The first-order valence-electron chi connectivity index (χ1n) is 6.08. The van der Waals surface area contributed by atoms with Crippen LogP contribution in [0.25, 0.3) is 6.08 Å². The van der Waals surface area contributed by atoms with Crippen LogP contribution in [0.1, 0.15) is 23.2 Å². The molecule has 0 atom stereocenters. The molecule has 0 saturated carbocycles. The minimum absolute atomic E-state index is 0.394. The lowest BCUT2D eigenvalue weighted by atomic mass is 10.2. The lowest BCUT2D eigenvalue weighted by molar-refractivity contribution is -0.128. The van der Waals surface area contributed by atoms with Crippen molar-refractivity contribution in [3.05, 3.63) is 52.0 Å². The van der Waals surface area contributed by atoms with Crippen LogP contribution in [0.3, 0.4) is 0 Å². The van der Waals surface area contributed by atoms with E-state index in [2.05, 4.69) is 11.9 Å². The molecule has 0 radical (unpaired) electrons. The second-order valence-electron chi connectivity index (χ2n) is 4.04. The summed E-state index contributed by atoms with van der Waals surface area (Å²) in [5.41, 5.74) is 1.99. The molecule has 0 aliphatic carbocycles. The van der Waals surface area contributed by atoms with Crippen LogP contribution in [0.5, 0.6) is 5.75 Å². The summed E-state index contributed by atoms with van der Waals surface area (Å²) < 4.78 is 5.19. The molecule has 3 nitrogen and oxygen atoms in total. The normalized spacial score (nSPS) is 10.8. The van der Waals surface area contributed by atoms with Crippen molar-refractivity contribution in [3.63, 3.8) is 0 Å². The van der Waals surface area contributed by atoms with Gasteiger partial charge in [-0.1, -0.05) is 19.1 Å². The molecule has 2 aromatic rings. The van der Waals surface area contributed by atoms with Gasteiger partial charge in [-0.2, -0.15) is 0 Å². The van der Waals surface area contributed by atoms with Crippen LogP contribution in [0.4, 0.5) is 0 Å². The summed E-state index contributed by atoms with van der Waals surface area (Å²) in [5.74, 6) is 0.163. The number of hydrogen-bond acceptors (Lipinski definition) is 4. The van der Waals surface area contributed by atoms with Crippen molar-refractivity contribution in [2.75, 3.05) is 0 Å². The molecule has 0 N–H and O–H groups in total. The second-order valence-corrected chi connectivity index (χ2v) is 5.11. The number of aryl methyl sites for hydroxylation is 2. The number of esters is 1. The maximum atomic E-state index is 11.6. The van der Waals surface area contributed by atoms with Crippen LogP contribution in [-0.4, -0.2) is 11.0 Å². The molecule has 0 aliphatic heterocycles. The summed E-state index contributed by atoms with van der Waals surface area (Å²) in [6, 6.07) is 7.52. The maximum Gasteiger partial charge on any atom is 0.336 e. The van der Waals surface area contributed by atoms with Crippen LogP contribution < -0.4 is 4.74 Å². The SMILES string of the molecule is CCc1ccc(OC(=O)C=Cc2csc(C)n2)cc1. The zero-order chi connectivity index (χ0) is 13.7. The first-order chi connectivity index (χ1) is 9.17. The van der Waals surface area contributed by atoms with E-state index in [-0.39, 0.29) is 0 Å². The van der Waals surface area contributed by atoms with Gasteiger partial charge < -0.3 is 4.74 Å². The molecule has 0 amide bonds. The zero-order valence-corrected chi connectivity index (χ0v) is 11.7. The lowest BCUT2D eigenvalue weighted by Gasteiger charge is -2.02. The van der Waals surface area contributed by atoms with Gasteiger partial charge >= 0.3 is 5.97 Å². The number of nitrogens with zero attached hydrogens (tertiary/aromatic N) is 1. The Kier molecular flexibility index (Phi) is 4.47. The number of thiazole rings is 1. The van der Waals surface area contributed by atoms with E-state index in [4.69, 9.17) is 4.74 Å². The Morgan fingerprint density at radius 3 is 2.68 bits per heavy atom. The van der Waals surface area contributed by atoms with E-state index in [1.807, 2.05) is 24.4 Å². The highest BCUT2D eigenvalue weighted by atomic mass is 32.1. The highest BCUT2D eigenvalue weighted by Crippen LogP contribution is 2.13. The molecule has 1 aromatic heterocycles. The van der Waals surface area contributed by atoms with Crippen molar-refractivity contribution in [1.29, 1.82) is 0 Å². The molecule has 19 heavy (non-hydrogen) atoms. The Morgan fingerprint density at radius 2 is 2.11 bits per heavy atom. The highest BCUT2D eigenvalue weighted by molar-refractivity contribution is 7.09. The van der Waals surface area contributed by atoms with Crippen LogP contribution in [-0.2, 0) is 11.2 Å². The maximum absolute atomic E-state index is 11.6. The van der Waals surface area contributed by atoms with Gasteiger partial charge in [0.05, 0.1) is 10.7 Å². The molecular formula is C15H15NO2S. The third-order valence-corrected chi connectivity index (χ3v) is 3.37. The lowest BCUT2D eigenvalue weighted by Crippen LogP contribution is -2.03. The summed E-state index contributed by atoms with van der Waals surface area (Å²) in [4.78, 5) is 15.8. The van der Waals surface area contributed by atoms with Gasteiger partial charge in [0.2, 0.25) is 0 Å². The van der Waals surface area contributed by atoms with Crippen LogP contribution in [0.2, 0.25) is 0 Å². The van der Waals surface area contributed by atoms with Crippen molar-refractivity contribution in [2.45, 2.75) is 20.3 Å². The number of carbonyl (C=O) groups excluding carboxylic acids is 1. The number of carbonyl (C=O) groups is 1. The Balaban J connectivity index is 1.95. The Labute approximate surface area is 116 Å². The van der Waals surface area contributed by atoms with Gasteiger partial charge in [0.1, 0.15) is 5.75 Å². The van der Waals surface area contributed by atoms with Gasteiger partial charge in [0.15, 0.2) is 0 Å². The molecule has 0 saturated heterocycles. The molecule has 0 unspecified atom stereocenters. The van der Waals surface area contributed by atoms with Crippen molar-refractivity contribution < 1.29 is 9.53 Å². The smallest absolute Gasteiger partial charge is 0.336 e. The standard InChI is InChI=1S/C15H15NO2S/c1-3-12-4-7-14(8-5-12)18-15(17)9-6-13-10-19-11(2)16-13/h4-10H,3H2,1-2H3. The minimum atomic E-state index is -0.394. The van der Waals surface area contributed by atoms with Crippen molar-refractivity contribution in [2.24, 2.45) is 0 Å². The van der Waals surface area contributed by atoms with Crippen LogP contribution >= 0.6 is 11.3 Å². The fourth-order valence-electron chi connectivity index (χ4n) is 1.55. The summed E-state index contributed by atoms with van der Waals surface area (Å²) in [7, 11) is 0. The molecule has 0 aliphatic rings. The fraction of sp³-hybridized carbons (Fsp3) is 0.200. The first kappa shape index (κ1) is 13.5. The zero-order valence-electron chi connectivity index (χ0n) is 10.9. The van der Waals surface area contributed by atoms with E-state index in [1.54, 1.807) is 29.5 Å². The van der Waals surface area contributed by atoms with Gasteiger partial charge in [-0.3, -0.25) is 0 Å². The number of hydrogen-bond donors (Lipinski definition) is 0. The number of aromatic nitrogens is 1. The monoisotopic (exact) mass is 273 g/mol. The predicted octanol–water partition coefficient (Wildman–Crippen LogP) is 3.63. The topological polar surface area (TPSA) is 39.2 Å². The predicted molar refractivity (Wildman–Crippen MR) is 77.3 cm³/mol. The summed E-state index contributed by atoms with van der Waals surface area (Å²) in [6.45, 7) is 4.01. The van der Waals surface area contributed by atoms with Crippen LogP contribution in [0.15, 0.2) is 35.7 Å². The van der Waals surface area contributed by atoms with Crippen LogP contribution in [0, 0.1) is 6.92 Å². The van der Waals surface area contributed by atoms with Crippen molar-refractivity contribution in [1.82, 2.24) is 4.98 Å². The molecule has 4 heteroatoms. The summed E-state index contributed by atoms with van der Waals surface area (Å²) in [5, 5.41) is 2.87. The Morgan fingerprint density at radius 1 is 1.37 bits per heavy atom.